The standard InChI is InChI=1S/C15H13N3O/c1-18-10-16-13-9-12(7-8-14(13)18)17-15(19)11-5-3-2-4-6-11/h2-10H,1H3,(H,17,19). The predicted octanol–water partition coefficient (Wildman–Crippen LogP) is 2.83. The van der Waals surface area contributed by atoms with Crippen LogP contribution in [0.2, 0.25) is 0 Å². The molecule has 0 spiro atoms. The maximum absolute atomic E-state index is 12.0. The Morgan fingerprint density at radius 3 is 2.74 bits per heavy atom. The molecule has 0 unspecified atom stereocenters. The van der Waals surface area contributed by atoms with E-state index in [4.69, 9.17) is 0 Å². The average Bonchev–Trinajstić information content (AvgIpc) is 2.81. The number of carbonyl (C=O) groups excluding carboxylic acids is 1. The van der Waals surface area contributed by atoms with Crippen molar-refractivity contribution in [2.75, 3.05) is 5.32 Å². The molecule has 1 amide bonds. The van der Waals surface area contributed by atoms with Gasteiger partial charge in [-0.05, 0) is 30.3 Å². The lowest BCUT2D eigenvalue weighted by Crippen LogP contribution is -2.11. The van der Waals surface area contributed by atoms with E-state index in [1.165, 1.54) is 0 Å². The molecule has 0 aliphatic rings. The normalized spacial score (nSPS) is 10.6. The van der Waals surface area contributed by atoms with Crippen LogP contribution in [-0.2, 0) is 7.05 Å². The number of rotatable bonds is 2. The number of carbonyl (C=O) groups is 1. The van der Waals surface area contributed by atoms with Crippen LogP contribution in [0.4, 0.5) is 5.69 Å². The molecule has 1 heterocycles. The van der Waals surface area contributed by atoms with E-state index in [1.807, 2.05) is 48.0 Å². The monoisotopic (exact) mass is 251 g/mol. The van der Waals surface area contributed by atoms with Crippen LogP contribution in [0, 0.1) is 0 Å². The molecular formula is C15H13N3O. The van der Waals surface area contributed by atoms with Gasteiger partial charge >= 0.3 is 0 Å². The highest BCUT2D eigenvalue weighted by atomic mass is 16.1. The van der Waals surface area contributed by atoms with Crippen LogP contribution in [0.5, 0.6) is 0 Å². The van der Waals surface area contributed by atoms with Crippen molar-refractivity contribution in [1.82, 2.24) is 9.55 Å². The molecule has 1 aromatic heterocycles. The topological polar surface area (TPSA) is 46.9 Å². The molecule has 94 valence electrons. The summed E-state index contributed by atoms with van der Waals surface area (Å²) in [6.07, 6.45) is 1.76. The Hall–Kier alpha value is -2.62. The van der Waals surface area contributed by atoms with E-state index in [0.717, 1.165) is 16.7 Å². The number of anilines is 1. The molecule has 0 aliphatic carbocycles. The number of benzene rings is 2. The Kier molecular flexibility index (Phi) is 2.76. The molecule has 0 radical (unpaired) electrons. The first-order valence-corrected chi connectivity index (χ1v) is 6.01. The number of nitrogens with one attached hydrogen (secondary N) is 1. The van der Waals surface area contributed by atoms with Crippen LogP contribution in [0.3, 0.4) is 0 Å². The van der Waals surface area contributed by atoms with Crippen LogP contribution in [-0.4, -0.2) is 15.5 Å². The minimum atomic E-state index is -0.115. The van der Waals surface area contributed by atoms with E-state index < -0.39 is 0 Å². The van der Waals surface area contributed by atoms with Crippen molar-refractivity contribution in [2.24, 2.45) is 7.05 Å². The second kappa shape index (κ2) is 4.57. The highest BCUT2D eigenvalue weighted by Crippen LogP contribution is 2.18. The summed E-state index contributed by atoms with van der Waals surface area (Å²) >= 11 is 0. The minimum Gasteiger partial charge on any atom is -0.334 e. The SMILES string of the molecule is Cn1cnc2cc(NC(=O)c3ccccc3)ccc21. The summed E-state index contributed by atoms with van der Waals surface area (Å²) in [5, 5.41) is 2.87. The van der Waals surface area contributed by atoms with Gasteiger partial charge in [0.25, 0.3) is 5.91 Å². The maximum Gasteiger partial charge on any atom is 0.255 e. The fourth-order valence-corrected chi connectivity index (χ4v) is 2.01. The van der Waals surface area contributed by atoms with E-state index in [-0.39, 0.29) is 5.91 Å². The van der Waals surface area contributed by atoms with E-state index in [1.54, 1.807) is 18.5 Å². The van der Waals surface area contributed by atoms with Gasteiger partial charge in [-0.15, -0.1) is 0 Å². The van der Waals surface area contributed by atoms with Crippen LogP contribution in [0.25, 0.3) is 11.0 Å². The summed E-state index contributed by atoms with van der Waals surface area (Å²) in [6.45, 7) is 0. The van der Waals surface area contributed by atoms with Gasteiger partial charge in [0.05, 0.1) is 17.4 Å². The highest BCUT2D eigenvalue weighted by Gasteiger charge is 2.06. The zero-order chi connectivity index (χ0) is 13.2. The lowest BCUT2D eigenvalue weighted by molar-refractivity contribution is 0.102. The maximum atomic E-state index is 12.0. The van der Waals surface area contributed by atoms with Crippen molar-refractivity contribution in [3.63, 3.8) is 0 Å². The van der Waals surface area contributed by atoms with Gasteiger partial charge in [0, 0.05) is 18.3 Å². The van der Waals surface area contributed by atoms with Gasteiger partial charge in [0.15, 0.2) is 0 Å². The molecule has 4 heteroatoms. The molecule has 4 nitrogen and oxygen atoms in total. The molecule has 0 fully saturated rings. The second-order valence-corrected chi connectivity index (χ2v) is 4.38. The van der Waals surface area contributed by atoms with Crippen LogP contribution < -0.4 is 5.32 Å². The van der Waals surface area contributed by atoms with E-state index in [2.05, 4.69) is 10.3 Å². The van der Waals surface area contributed by atoms with Crippen molar-refractivity contribution < 1.29 is 4.79 Å². The molecule has 0 atom stereocenters. The third kappa shape index (κ3) is 2.20. The Bertz CT molecular complexity index is 731. The first kappa shape index (κ1) is 11.5. The van der Waals surface area contributed by atoms with Gasteiger partial charge in [-0.2, -0.15) is 0 Å². The Labute approximate surface area is 110 Å². The van der Waals surface area contributed by atoms with Gasteiger partial charge < -0.3 is 9.88 Å². The Balaban J connectivity index is 1.87. The number of hydrogen-bond acceptors (Lipinski definition) is 2. The fourth-order valence-electron chi connectivity index (χ4n) is 2.01. The first-order valence-electron chi connectivity index (χ1n) is 6.01. The third-order valence-electron chi connectivity index (χ3n) is 3.02. The quantitative estimate of drug-likeness (QED) is 0.761. The smallest absolute Gasteiger partial charge is 0.255 e. The predicted molar refractivity (Wildman–Crippen MR) is 75.1 cm³/mol. The lowest BCUT2D eigenvalue weighted by Gasteiger charge is -2.05. The molecule has 3 rings (SSSR count). The van der Waals surface area contributed by atoms with Crippen molar-refractivity contribution in [3.05, 3.63) is 60.4 Å². The molecule has 2 aromatic carbocycles. The number of nitrogens with zero attached hydrogens (tertiary/aromatic N) is 2. The van der Waals surface area contributed by atoms with E-state index >= 15 is 0 Å². The van der Waals surface area contributed by atoms with Crippen LogP contribution in [0.1, 0.15) is 10.4 Å². The van der Waals surface area contributed by atoms with Crippen LogP contribution >= 0.6 is 0 Å². The number of amides is 1. The molecular weight excluding hydrogens is 238 g/mol. The van der Waals surface area contributed by atoms with Gasteiger partial charge in [-0.1, -0.05) is 18.2 Å². The summed E-state index contributed by atoms with van der Waals surface area (Å²) in [5.74, 6) is -0.115. The molecule has 0 saturated heterocycles. The number of aromatic nitrogens is 2. The molecule has 0 bridgehead atoms. The molecule has 19 heavy (non-hydrogen) atoms. The van der Waals surface area contributed by atoms with Gasteiger partial charge in [-0.3, -0.25) is 4.79 Å². The average molecular weight is 251 g/mol. The number of aryl methyl sites for hydroxylation is 1. The Morgan fingerprint density at radius 2 is 1.95 bits per heavy atom. The summed E-state index contributed by atoms with van der Waals surface area (Å²) in [6, 6.07) is 14.8. The summed E-state index contributed by atoms with van der Waals surface area (Å²) in [7, 11) is 1.94. The summed E-state index contributed by atoms with van der Waals surface area (Å²) in [5.41, 5.74) is 3.30. The zero-order valence-electron chi connectivity index (χ0n) is 10.5. The molecule has 1 N–H and O–H groups in total. The van der Waals surface area contributed by atoms with Crippen molar-refractivity contribution in [2.45, 2.75) is 0 Å². The fraction of sp³-hybridized carbons (Fsp3) is 0.0667. The zero-order valence-corrected chi connectivity index (χ0v) is 10.5. The van der Waals surface area contributed by atoms with Crippen molar-refractivity contribution in [3.8, 4) is 0 Å². The van der Waals surface area contributed by atoms with Crippen molar-refractivity contribution >= 4 is 22.6 Å². The number of hydrogen-bond donors (Lipinski definition) is 1. The highest BCUT2D eigenvalue weighted by molar-refractivity contribution is 6.04. The number of imidazole rings is 1. The largest absolute Gasteiger partial charge is 0.334 e. The molecule has 0 saturated carbocycles. The van der Waals surface area contributed by atoms with Gasteiger partial charge in [0.2, 0.25) is 0 Å². The second-order valence-electron chi connectivity index (χ2n) is 4.38. The first-order chi connectivity index (χ1) is 9.24. The third-order valence-corrected chi connectivity index (χ3v) is 3.02. The lowest BCUT2D eigenvalue weighted by atomic mass is 10.2. The molecule has 3 aromatic rings. The van der Waals surface area contributed by atoms with E-state index in [9.17, 15) is 4.79 Å². The minimum absolute atomic E-state index is 0.115. The number of fused-ring (bicyclic) bond motifs is 1. The summed E-state index contributed by atoms with van der Waals surface area (Å²) < 4.78 is 1.94. The van der Waals surface area contributed by atoms with Gasteiger partial charge in [-0.25, -0.2) is 4.98 Å². The van der Waals surface area contributed by atoms with E-state index in [0.29, 0.717) is 5.56 Å². The summed E-state index contributed by atoms with van der Waals surface area (Å²) in [4.78, 5) is 16.3. The van der Waals surface area contributed by atoms with Gasteiger partial charge in [0.1, 0.15) is 0 Å². The molecule has 0 aliphatic heterocycles. The van der Waals surface area contributed by atoms with Crippen LogP contribution in [0.15, 0.2) is 54.9 Å². The Morgan fingerprint density at radius 1 is 1.16 bits per heavy atom. The van der Waals surface area contributed by atoms with Crippen molar-refractivity contribution in [1.29, 1.82) is 0 Å².